The van der Waals surface area contributed by atoms with Gasteiger partial charge in [-0.15, -0.1) is 0 Å². The van der Waals surface area contributed by atoms with Crippen LogP contribution < -0.4 is 0 Å². The molecule has 0 saturated heterocycles. The molecule has 0 aliphatic rings. The van der Waals surface area contributed by atoms with Gasteiger partial charge < -0.3 is 4.42 Å². The van der Waals surface area contributed by atoms with Crippen LogP contribution in [0.25, 0.3) is 98.4 Å². The molecule has 10 aromatic rings. The molecular formula is C47H30O. The summed E-state index contributed by atoms with van der Waals surface area (Å²) >= 11 is 0. The van der Waals surface area contributed by atoms with E-state index in [0.29, 0.717) is 16.4 Å². The molecule has 1 nitrogen and oxygen atoms in total. The van der Waals surface area contributed by atoms with Crippen LogP contribution in [0.2, 0.25) is 0 Å². The number of para-hydroxylation sites is 1. The van der Waals surface area contributed by atoms with Crippen molar-refractivity contribution in [3.8, 4) is 33.4 Å². The molecule has 0 radical (unpaired) electrons. The van der Waals surface area contributed by atoms with Gasteiger partial charge in [0.2, 0.25) is 0 Å². The van der Waals surface area contributed by atoms with E-state index in [2.05, 4.69) is 122 Å². The van der Waals surface area contributed by atoms with E-state index in [1.807, 2.05) is 36.4 Å². The lowest BCUT2D eigenvalue weighted by Crippen LogP contribution is -1.93. The molecule has 10 rings (SSSR count). The molecule has 1 heteroatoms. The Morgan fingerprint density at radius 1 is 0.438 bits per heavy atom. The Hall–Kier alpha value is -6.18. The van der Waals surface area contributed by atoms with Gasteiger partial charge in [0, 0.05) is 16.2 Å². The minimum Gasteiger partial charge on any atom is -0.455 e. The third-order valence-corrected chi connectivity index (χ3v) is 9.91. The maximum Gasteiger partial charge on any atom is 0.143 e. The predicted octanol–water partition coefficient (Wildman–Crippen LogP) is 13.5. The number of aryl methyl sites for hydroxylation is 1. The average Bonchev–Trinajstić information content (AvgIpc) is 3.55. The summed E-state index contributed by atoms with van der Waals surface area (Å²) in [5.74, 6) is 0. The largest absolute Gasteiger partial charge is 0.455 e. The van der Waals surface area contributed by atoms with E-state index in [4.69, 9.17) is 7.16 Å². The summed E-state index contributed by atoms with van der Waals surface area (Å²) in [5.41, 5.74) is 9.40. The monoisotopic (exact) mass is 612 g/mol. The van der Waals surface area contributed by atoms with Gasteiger partial charge in [-0.05, 0) is 96.2 Å². The first-order valence-electron chi connectivity index (χ1n) is 17.4. The number of fused-ring (bicyclic) bond motifs is 8. The molecule has 9 aromatic carbocycles. The fraction of sp³-hybridized carbons (Fsp3) is 0.0213. The molecule has 1 heterocycles. The Morgan fingerprint density at radius 3 is 1.81 bits per heavy atom. The zero-order valence-corrected chi connectivity index (χ0v) is 26.3. The molecule has 48 heavy (non-hydrogen) atoms. The lowest BCUT2D eigenvalue weighted by Gasteiger charge is -2.20. The SMILES string of the molecule is [2H]c1c([2H])c2c3ccccc3oc2c2c(-c3ccccc3-c3c4ccccc4c(-c4ccc5cc(C)ccc5c4)c4ccccc34)cccc12. The minimum absolute atomic E-state index is 0.194. The van der Waals surface area contributed by atoms with Gasteiger partial charge >= 0.3 is 0 Å². The fourth-order valence-electron chi connectivity index (χ4n) is 7.79. The van der Waals surface area contributed by atoms with Crippen molar-refractivity contribution in [1.29, 1.82) is 0 Å². The normalized spacial score (nSPS) is 12.4. The van der Waals surface area contributed by atoms with Gasteiger partial charge in [0.05, 0.1) is 2.74 Å². The smallest absolute Gasteiger partial charge is 0.143 e. The van der Waals surface area contributed by atoms with Gasteiger partial charge in [0.25, 0.3) is 0 Å². The van der Waals surface area contributed by atoms with Crippen molar-refractivity contribution in [3.05, 3.63) is 169 Å². The molecule has 0 saturated carbocycles. The van der Waals surface area contributed by atoms with E-state index in [1.54, 1.807) is 0 Å². The first-order valence-corrected chi connectivity index (χ1v) is 16.4. The first-order chi connectivity index (χ1) is 24.6. The maximum atomic E-state index is 9.11. The van der Waals surface area contributed by atoms with Crippen LogP contribution in [0.3, 0.4) is 0 Å². The van der Waals surface area contributed by atoms with Crippen molar-refractivity contribution in [2.45, 2.75) is 6.92 Å². The summed E-state index contributed by atoms with van der Waals surface area (Å²) in [6, 6.07) is 53.9. The molecule has 224 valence electrons. The van der Waals surface area contributed by atoms with Gasteiger partial charge in [-0.25, -0.2) is 0 Å². The van der Waals surface area contributed by atoms with Crippen molar-refractivity contribution in [2.24, 2.45) is 0 Å². The summed E-state index contributed by atoms with van der Waals surface area (Å²) in [6.45, 7) is 2.14. The Labute approximate surface area is 281 Å². The number of hydrogen-bond acceptors (Lipinski definition) is 1. The first kappa shape index (κ1) is 25.0. The Bertz CT molecular complexity index is 2970. The Kier molecular flexibility index (Phi) is 5.42. The van der Waals surface area contributed by atoms with Crippen molar-refractivity contribution in [3.63, 3.8) is 0 Å². The van der Waals surface area contributed by atoms with Crippen LogP contribution >= 0.6 is 0 Å². The molecule has 0 N–H and O–H groups in total. The molecular weight excluding hydrogens is 581 g/mol. The van der Waals surface area contributed by atoms with Crippen LogP contribution in [0.5, 0.6) is 0 Å². The molecule has 0 aliphatic carbocycles. The number of furan rings is 1. The molecule has 0 aliphatic heterocycles. The van der Waals surface area contributed by atoms with Gasteiger partial charge in [-0.2, -0.15) is 0 Å². The van der Waals surface area contributed by atoms with E-state index < -0.39 is 0 Å². The predicted molar refractivity (Wildman–Crippen MR) is 205 cm³/mol. The third kappa shape index (κ3) is 3.98. The van der Waals surface area contributed by atoms with E-state index in [-0.39, 0.29) is 12.1 Å². The van der Waals surface area contributed by atoms with E-state index in [0.717, 1.165) is 33.0 Å². The molecule has 0 fully saturated rings. The van der Waals surface area contributed by atoms with Crippen LogP contribution in [0.4, 0.5) is 0 Å². The maximum absolute atomic E-state index is 9.11. The van der Waals surface area contributed by atoms with Crippen LogP contribution in [0.1, 0.15) is 8.30 Å². The highest BCUT2D eigenvalue weighted by molar-refractivity contribution is 6.24. The Morgan fingerprint density at radius 2 is 1.04 bits per heavy atom. The molecule has 0 atom stereocenters. The van der Waals surface area contributed by atoms with Crippen LogP contribution in [-0.2, 0) is 0 Å². The fourth-order valence-corrected chi connectivity index (χ4v) is 7.79. The van der Waals surface area contributed by atoms with Gasteiger partial charge in [0.1, 0.15) is 11.2 Å². The topological polar surface area (TPSA) is 13.1 Å². The average molecular weight is 613 g/mol. The lowest BCUT2D eigenvalue weighted by atomic mass is 9.83. The van der Waals surface area contributed by atoms with Gasteiger partial charge in [-0.3, -0.25) is 0 Å². The van der Waals surface area contributed by atoms with Gasteiger partial charge in [-0.1, -0.05) is 151 Å². The van der Waals surface area contributed by atoms with Crippen molar-refractivity contribution in [2.75, 3.05) is 0 Å². The summed E-state index contributed by atoms with van der Waals surface area (Å²) < 4.78 is 24.7. The standard InChI is InChI=1S/C47H30O/c1-29-21-22-32-28-33(24-23-31(32)27-29)44-38-15-4-6-17-40(38)46(41-18-7-5-16-39(41)44)37-14-3-2-12-34(37)36-19-10-11-30-25-26-42-35-13-8-9-20-43(35)48-47(42)45(30)36/h2-28H,1H3/i25D,26D. The van der Waals surface area contributed by atoms with Gasteiger partial charge in [0.15, 0.2) is 0 Å². The summed E-state index contributed by atoms with van der Waals surface area (Å²) in [6.07, 6.45) is 0. The van der Waals surface area contributed by atoms with E-state index in [9.17, 15) is 0 Å². The summed E-state index contributed by atoms with van der Waals surface area (Å²) in [4.78, 5) is 0. The minimum atomic E-state index is 0.194. The second-order valence-electron chi connectivity index (χ2n) is 12.7. The quantitative estimate of drug-likeness (QED) is 0.181. The zero-order valence-electron chi connectivity index (χ0n) is 28.3. The summed E-state index contributed by atoms with van der Waals surface area (Å²) in [5, 5.41) is 10.4. The van der Waals surface area contributed by atoms with Crippen LogP contribution in [-0.4, -0.2) is 0 Å². The van der Waals surface area contributed by atoms with Crippen molar-refractivity contribution in [1.82, 2.24) is 0 Å². The lowest BCUT2D eigenvalue weighted by molar-refractivity contribution is 0.673. The highest BCUT2D eigenvalue weighted by Crippen LogP contribution is 2.48. The number of hydrogen-bond donors (Lipinski definition) is 0. The molecule has 0 amide bonds. The number of rotatable bonds is 3. The highest BCUT2D eigenvalue weighted by atomic mass is 16.3. The second kappa shape index (κ2) is 10.4. The van der Waals surface area contributed by atoms with E-state index >= 15 is 0 Å². The summed E-state index contributed by atoms with van der Waals surface area (Å²) in [7, 11) is 0. The van der Waals surface area contributed by atoms with E-state index in [1.165, 1.54) is 54.6 Å². The third-order valence-electron chi connectivity index (χ3n) is 9.91. The second-order valence-corrected chi connectivity index (χ2v) is 12.7. The van der Waals surface area contributed by atoms with Crippen molar-refractivity contribution >= 4 is 65.0 Å². The van der Waals surface area contributed by atoms with Crippen LogP contribution in [0.15, 0.2) is 168 Å². The molecule has 0 unspecified atom stereocenters. The van der Waals surface area contributed by atoms with Crippen LogP contribution in [0, 0.1) is 6.92 Å². The molecule has 0 bridgehead atoms. The number of benzene rings is 9. The molecule has 1 aromatic heterocycles. The van der Waals surface area contributed by atoms with Crippen molar-refractivity contribution < 1.29 is 7.16 Å². The zero-order chi connectivity index (χ0) is 33.5. The highest BCUT2D eigenvalue weighted by Gasteiger charge is 2.21. The molecule has 0 spiro atoms. The Balaban J connectivity index is 1.31.